The van der Waals surface area contributed by atoms with Gasteiger partial charge in [-0.05, 0) is 24.8 Å². The van der Waals surface area contributed by atoms with Gasteiger partial charge >= 0.3 is 11.9 Å². The van der Waals surface area contributed by atoms with Gasteiger partial charge in [0, 0.05) is 0 Å². The Morgan fingerprint density at radius 1 is 0.853 bits per heavy atom. The summed E-state index contributed by atoms with van der Waals surface area (Å²) in [6.45, 7) is 4.31. The average Bonchev–Trinajstić information content (AvgIpc) is 2.74. The van der Waals surface area contributed by atoms with Crippen molar-refractivity contribution in [3.05, 3.63) is 35.9 Å². The van der Waals surface area contributed by atoms with E-state index in [-0.39, 0.29) is 6.42 Å². The Bertz CT molecular complexity index is 875. The van der Waals surface area contributed by atoms with Crippen LogP contribution < -0.4 is 21.7 Å². The van der Waals surface area contributed by atoms with Gasteiger partial charge in [-0.25, -0.2) is 4.79 Å². The van der Waals surface area contributed by atoms with Crippen LogP contribution in [0.15, 0.2) is 30.3 Å². The molecule has 1 rings (SSSR count). The van der Waals surface area contributed by atoms with Gasteiger partial charge in [0.2, 0.25) is 17.7 Å². The van der Waals surface area contributed by atoms with Crippen molar-refractivity contribution in [2.24, 2.45) is 11.7 Å². The van der Waals surface area contributed by atoms with Crippen LogP contribution in [0.3, 0.4) is 0 Å². The Labute approximate surface area is 196 Å². The molecule has 5 unspecified atom stereocenters. The van der Waals surface area contributed by atoms with Gasteiger partial charge in [0.15, 0.2) is 0 Å². The summed E-state index contributed by atoms with van der Waals surface area (Å²) in [4.78, 5) is 60.3. The number of aliphatic hydroxyl groups is 1. The number of hydrogen-bond donors (Lipinski definition) is 7. The average molecular weight is 481 g/mol. The van der Waals surface area contributed by atoms with Crippen LogP contribution in [-0.2, 0) is 30.4 Å². The number of nitrogens with two attached hydrogens (primary N) is 1. The molecule has 0 aliphatic carbocycles. The Kier molecular flexibility index (Phi) is 11.1. The Hall–Kier alpha value is -3.51. The van der Waals surface area contributed by atoms with Crippen molar-refractivity contribution in [3.8, 4) is 0 Å². The summed E-state index contributed by atoms with van der Waals surface area (Å²) >= 11 is 0. The van der Waals surface area contributed by atoms with E-state index in [9.17, 15) is 34.2 Å². The molecule has 12 heteroatoms. The standard InChI is InChI=1S/C22H32N4O8/c1-11(2)17(22(33)34)25-20(31)15(10-16(28)29)24-21(32)18(12(3)27)26-19(30)14(23)9-13-7-5-4-6-8-13/h4-8,11-12,14-15,17-18,27H,9-10,23H2,1-3H3,(H,24,32)(H,25,31)(H,26,30)(H,28,29)(H,33,34). The van der Waals surface area contributed by atoms with E-state index in [4.69, 9.17) is 10.8 Å². The molecule has 0 aliphatic rings. The second-order valence-corrected chi connectivity index (χ2v) is 8.25. The van der Waals surface area contributed by atoms with Crippen molar-refractivity contribution < 1.29 is 39.3 Å². The topological polar surface area (TPSA) is 208 Å². The lowest BCUT2D eigenvalue weighted by Gasteiger charge is -2.26. The molecule has 34 heavy (non-hydrogen) atoms. The van der Waals surface area contributed by atoms with E-state index in [1.165, 1.54) is 6.92 Å². The first-order chi connectivity index (χ1) is 15.8. The molecule has 0 aromatic heterocycles. The van der Waals surface area contributed by atoms with Crippen LogP contribution in [0.4, 0.5) is 0 Å². The minimum atomic E-state index is -1.65. The fourth-order valence-electron chi connectivity index (χ4n) is 3.04. The first-order valence-corrected chi connectivity index (χ1v) is 10.7. The molecular weight excluding hydrogens is 448 g/mol. The number of carbonyl (C=O) groups excluding carboxylic acids is 3. The molecule has 0 heterocycles. The van der Waals surface area contributed by atoms with E-state index >= 15 is 0 Å². The Morgan fingerprint density at radius 3 is 1.88 bits per heavy atom. The number of benzene rings is 1. The second kappa shape index (κ2) is 13.3. The number of nitrogens with one attached hydrogen (secondary N) is 3. The first-order valence-electron chi connectivity index (χ1n) is 10.7. The molecule has 0 saturated heterocycles. The predicted molar refractivity (Wildman–Crippen MR) is 120 cm³/mol. The maximum atomic E-state index is 12.7. The maximum absolute atomic E-state index is 12.7. The molecule has 0 fully saturated rings. The summed E-state index contributed by atoms with van der Waals surface area (Å²) < 4.78 is 0. The number of hydrogen-bond acceptors (Lipinski definition) is 7. The van der Waals surface area contributed by atoms with E-state index in [1.807, 2.05) is 0 Å². The molecule has 5 atom stereocenters. The van der Waals surface area contributed by atoms with Gasteiger partial charge in [-0.1, -0.05) is 44.2 Å². The van der Waals surface area contributed by atoms with E-state index in [2.05, 4.69) is 16.0 Å². The number of carboxylic acids is 2. The van der Waals surface area contributed by atoms with Gasteiger partial charge in [-0.3, -0.25) is 19.2 Å². The van der Waals surface area contributed by atoms with Crippen molar-refractivity contribution in [2.45, 2.75) is 63.9 Å². The monoisotopic (exact) mass is 480 g/mol. The molecule has 3 amide bonds. The highest BCUT2D eigenvalue weighted by molar-refractivity contribution is 5.95. The van der Waals surface area contributed by atoms with Crippen molar-refractivity contribution in [1.29, 1.82) is 0 Å². The molecule has 0 aliphatic heterocycles. The number of aliphatic carboxylic acids is 2. The van der Waals surface area contributed by atoms with Crippen LogP contribution >= 0.6 is 0 Å². The van der Waals surface area contributed by atoms with Crippen molar-refractivity contribution in [2.75, 3.05) is 0 Å². The molecular formula is C22H32N4O8. The number of carboxylic acid groups (broad SMARTS) is 2. The first kappa shape index (κ1) is 28.5. The zero-order chi connectivity index (χ0) is 26.0. The largest absolute Gasteiger partial charge is 0.481 e. The predicted octanol–water partition coefficient (Wildman–Crippen LogP) is -1.39. The highest BCUT2D eigenvalue weighted by Crippen LogP contribution is 2.06. The fourth-order valence-corrected chi connectivity index (χ4v) is 3.04. The highest BCUT2D eigenvalue weighted by atomic mass is 16.4. The van der Waals surface area contributed by atoms with Gasteiger partial charge in [0.05, 0.1) is 18.6 Å². The summed E-state index contributed by atoms with van der Waals surface area (Å²) in [5.41, 5.74) is 6.68. The lowest BCUT2D eigenvalue weighted by Crippen LogP contribution is -2.60. The summed E-state index contributed by atoms with van der Waals surface area (Å²) in [6.07, 6.45) is -2.10. The molecule has 12 nitrogen and oxygen atoms in total. The van der Waals surface area contributed by atoms with Gasteiger partial charge < -0.3 is 37.0 Å². The van der Waals surface area contributed by atoms with Crippen LogP contribution in [0.25, 0.3) is 0 Å². The number of rotatable bonds is 13. The van der Waals surface area contributed by atoms with E-state index in [0.717, 1.165) is 5.56 Å². The van der Waals surface area contributed by atoms with Crippen molar-refractivity contribution in [3.63, 3.8) is 0 Å². The zero-order valence-corrected chi connectivity index (χ0v) is 19.2. The minimum Gasteiger partial charge on any atom is -0.481 e. The zero-order valence-electron chi connectivity index (χ0n) is 19.2. The van der Waals surface area contributed by atoms with Crippen LogP contribution in [0.1, 0.15) is 32.8 Å². The highest BCUT2D eigenvalue weighted by Gasteiger charge is 2.34. The minimum absolute atomic E-state index is 0.163. The maximum Gasteiger partial charge on any atom is 0.326 e. The molecule has 1 aromatic carbocycles. The smallest absolute Gasteiger partial charge is 0.326 e. The van der Waals surface area contributed by atoms with Crippen LogP contribution in [0, 0.1) is 5.92 Å². The van der Waals surface area contributed by atoms with Crippen LogP contribution in [-0.4, -0.2) is 75.3 Å². The third-order valence-corrected chi connectivity index (χ3v) is 4.94. The van der Waals surface area contributed by atoms with E-state index in [0.29, 0.717) is 0 Å². The normalized spacial score (nSPS) is 15.4. The quantitative estimate of drug-likeness (QED) is 0.177. The third-order valence-electron chi connectivity index (χ3n) is 4.94. The van der Waals surface area contributed by atoms with Gasteiger partial charge in [-0.15, -0.1) is 0 Å². The number of amides is 3. The van der Waals surface area contributed by atoms with E-state index in [1.54, 1.807) is 44.2 Å². The number of carbonyl (C=O) groups is 5. The Balaban J connectivity index is 2.93. The second-order valence-electron chi connectivity index (χ2n) is 8.25. The van der Waals surface area contributed by atoms with E-state index < -0.39 is 72.3 Å². The molecule has 0 spiro atoms. The summed E-state index contributed by atoms with van der Waals surface area (Å²) in [5, 5.41) is 35.1. The summed E-state index contributed by atoms with van der Waals surface area (Å²) in [7, 11) is 0. The van der Waals surface area contributed by atoms with Gasteiger partial charge in [0.25, 0.3) is 0 Å². The van der Waals surface area contributed by atoms with Gasteiger partial charge in [-0.2, -0.15) is 0 Å². The van der Waals surface area contributed by atoms with Crippen LogP contribution in [0.5, 0.6) is 0 Å². The van der Waals surface area contributed by atoms with Crippen LogP contribution in [0.2, 0.25) is 0 Å². The van der Waals surface area contributed by atoms with Crippen molar-refractivity contribution in [1.82, 2.24) is 16.0 Å². The third kappa shape index (κ3) is 9.16. The molecule has 8 N–H and O–H groups in total. The van der Waals surface area contributed by atoms with Gasteiger partial charge in [0.1, 0.15) is 18.1 Å². The fraction of sp³-hybridized carbons (Fsp3) is 0.500. The lowest BCUT2D eigenvalue weighted by molar-refractivity contribution is -0.144. The Morgan fingerprint density at radius 2 is 1.41 bits per heavy atom. The molecule has 0 bridgehead atoms. The molecule has 0 saturated carbocycles. The SMILES string of the molecule is CC(C)C(NC(=O)C(CC(=O)O)NC(=O)C(NC(=O)C(N)Cc1ccccc1)C(C)O)C(=O)O. The number of aliphatic hydroxyl groups excluding tert-OH is 1. The molecule has 1 aromatic rings. The molecule has 188 valence electrons. The lowest BCUT2D eigenvalue weighted by atomic mass is 10.0. The summed E-state index contributed by atoms with van der Waals surface area (Å²) in [5.74, 6) is -6.08. The van der Waals surface area contributed by atoms with Crippen molar-refractivity contribution >= 4 is 29.7 Å². The molecule has 0 radical (unpaired) electrons. The summed E-state index contributed by atoms with van der Waals surface area (Å²) in [6, 6.07) is 3.32.